The third-order valence-corrected chi connectivity index (χ3v) is 4.98. The number of ether oxygens (including phenoxy) is 2. The minimum Gasteiger partial charge on any atom is -0.508 e. The number of rotatable bonds is 0. The van der Waals surface area contributed by atoms with Crippen molar-refractivity contribution in [1.29, 1.82) is 0 Å². The molecule has 9 heteroatoms. The van der Waals surface area contributed by atoms with Crippen LogP contribution in [0.2, 0.25) is 0 Å². The van der Waals surface area contributed by atoms with E-state index in [0.29, 0.717) is 0 Å². The van der Waals surface area contributed by atoms with Gasteiger partial charge in [-0.1, -0.05) is 0 Å². The Kier molecular flexibility index (Phi) is 3.23. The first-order valence-electron chi connectivity index (χ1n) is 8.20. The summed E-state index contributed by atoms with van der Waals surface area (Å²) in [7, 11) is 0. The molecule has 5 rings (SSSR count). The maximum atomic E-state index is 14.9. The lowest BCUT2D eigenvalue weighted by atomic mass is 9.77. The molecule has 1 spiro atoms. The van der Waals surface area contributed by atoms with Gasteiger partial charge >= 0.3 is 5.97 Å². The van der Waals surface area contributed by atoms with Gasteiger partial charge in [0.1, 0.15) is 28.6 Å². The molecule has 5 nitrogen and oxygen atoms in total. The molecular formula is C20H8F4O5. The van der Waals surface area contributed by atoms with Gasteiger partial charge in [0.25, 0.3) is 0 Å². The summed E-state index contributed by atoms with van der Waals surface area (Å²) < 4.78 is 68.2. The predicted octanol–water partition coefficient (Wildman–Crippen LogP) is 4.22. The van der Waals surface area contributed by atoms with Crippen LogP contribution in [0.15, 0.2) is 36.4 Å². The average Bonchev–Trinajstić information content (AvgIpc) is 2.97. The summed E-state index contributed by atoms with van der Waals surface area (Å²) in [5, 5.41) is 19.5. The van der Waals surface area contributed by atoms with Gasteiger partial charge in [0.2, 0.25) is 0 Å². The van der Waals surface area contributed by atoms with Crippen molar-refractivity contribution in [2.45, 2.75) is 5.60 Å². The lowest BCUT2D eigenvalue weighted by Gasteiger charge is -2.36. The van der Waals surface area contributed by atoms with Crippen molar-refractivity contribution in [1.82, 2.24) is 0 Å². The van der Waals surface area contributed by atoms with Gasteiger partial charge in [-0.3, -0.25) is 0 Å². The van der Waals surface area contributed by atoms with E-state index in [-0.39, 0.29) is 34.1 Å². The van der Waals surface area contributed by atoms with Crippen LogP contribution in [0, 0.1) is 23.3 Å². The van der Waals surface area contributed by atoms with Crippen molar-refractivity contribution in [3.8, 4) is 23.0 Å². The summed E-state index contributed by atoms with van der Waals surface area (Å²) in [5.41, 5.74) is -4.27. The lowest BCUT2D eigenvalue weighted by Crippen LogP contribution is -2.34. The third kappa shape index (κ3) is 2.01. The Morgan fingerprint density at radius 1 is 0.759 bits per heavy atom. The summed E-state index contributed by atoms with van der Waals surface area (Å²) in [6.45, 7) is 0. The van der Waals surface area contributed by atoms with Crippen LogP contribution in [-0.2, 0) is 10.3 Å². The van der Waals surface area contributed by atoms with E-state index in [0.717, 1.165) is 12.1 Å². The predicted molar refractivity (Wildman–Crippen MR) is 87.9 cm³/mol. The van der Waals surface area contributed by atoms with Crippen LogP contribution in [0.3, 0.4) is 0 Å². The van der Waals surface area contributed by atoms with Gasteiger partial charge in [0.15, 0.2) is 28.9 Å². The second-order valence-electron chi connectivity index (χ2n) is 6.54. The first kappa shape index (κ1) is 17.4. The van der Waals surface area contributed by atoms with E-state index in [1.165, 1.54) is 24.3 Å². The monoisotopic (exact) mass is 404 g/mol. The molecule has 0 saturated carbocycles. The standard InChI is InChI=1S/C20H8F4O5/c21-15-13-14(16(22)18(24)17(15)23)20(29-19(13)27)9-3-1-7(25)5-11(9)28-12-6-8(26)2-4-10(12)20/h1-6,25-26H. The maximum Gasteiger partial charge on any atom is 0.343 e. The number of aromatic hydroxyl groups is 2. The third-order valence-electron chi connectivity index (χ3n) is 4.98. The Balaban J connectivity index is 1.98. The maximum absolute atomic E-state index is 14.9. The Morgan fingerprint density at radius 2 is 1.28 bits per heavy atom. The van der Waals surface area contributed by atoms with Gasteiger partial charge in [0, 0.05) is 23.3 Å². The summed E-state index contributed by atoms with van der Waals surface area (Å²) in [6.07, 6.45) is 0. The Bertz CT molecular complexity index is 1200. The molecule has 0 radical (unpaired) electrons. The molecule has 0 aromatic heterocycles. The molecule has 0 amide bonds. The number of carbonyl (C=O) groups excluding carboxylic acids is 1. The molecule has 0 atom stereocenters. The van der Waals surface area contributed by atoms with Crippen LogP contribution in [0.1, 0.15) is 27.0 Å². The van der Waals surface area contributed by atoms with Gasteiger partial charge < -0.3 is 19.7 Å². The van der Waals surface area contributed by atoms with Gasteiger partial charge in [-0.25, -0.2) is 22.4 Å². The van der Waals surface area contributed by atoms with Crippen molar-refractivity contribution < 1.29 is 42.0 Å². The van der Waals surface area contributed by atoms with E-state index < -0.39 is 46.0 Å². The van der Waals surface area contributed by atoms with E-state index in [1.54, 1.807) is 0 Å². The van der Waals surface area contributed by atoms with E-state index >= 15 is 0 Å². The number of hydrogen-bond donors (Lipinski definition) is 2. The number of hydrogen-bond acceptors (Lipinski definition) is 5. The molecule has 0 aliphatic carbocycles. The Hall–Kier alpha value is -3.75. The fourth-order valence-corrected chi connectivity index (χ4v) is 3.81. The Labute approximate surface area is 159 Å². The zero-order valence-electron chi connectivity index (χ0n) is 14.1. The summed E-state index contributed by atoms with van der Waals surface area (Å²) in [5.74, 6) is -10.1. The summed E-state index contributed by atoms with van der Waals surface area (Å²) in [4.78, 5) is 12.5. The fraction of sp³-hybridized carbons (Fsp3) is 0.0500. The molecular weight excluding hydrogens is 396 g/mol. The second-order valence-corrected chi connectivity index (χ2v) is 6.54. The lowest BCUT2D eigenvalue weighted by molar-refractivity contribution is 0.0215. The number of benzene rings is 3. The molecule has 146 valence electrons. The van der Waals surface area contributed by atoms with Crippen molar-refractivity contribution >= 4 is 5.97 Å². The van der Waals surface area contributed by atoms with Crippen molar-refractivity contribution in [3.05, 3.63) is 81.9 Å². The van der Waals surface area contributed by atoms with E-state index in [2.05, 4.69) is 0 Å². The second kappa shape index (κ2) is 5.40. The van der Waals surface area contributed by atoms with Crippen LogP contribution in [0.25, 0.3) is 0 Å². The molecule has 2 heterocycles. The number of fused-ring (bicyclic) bond motifs is 6. The highest BCUT2D eigenvalue weighted by molar-refractivity contribution is 5.97. The normalized spacial score (nSPS) is 15.4. The van der Waals surface area contributed by atoms with Crippen molar-refractivity contribution in [2.24, 2.45) is 0 Å². The summed E-state index contributed by atoms with van der Waals surface area (Å²) >= 11 is 0. The number of carbonyl (C=O) groups is 1. The molecule has 3 aromatic carbocycles. The van der Waals surface area contributed by atoms with E-state index in [1.807, 2.05) is 0 Å². The molecule has 2 aliphatic rings. The number of halogens is 4. The molecule has 0 unspecified atom stereocenters. The highest BCUT2D eigenvalue weighted by Gasteiger charge is 2.57. The number of phenolic OH excluding ortho intramolecular Hbond substituents is 2. The highest BCUT2D eigenvalue weighted by atomic mass is 19.2. The fourth-order valence-electron chi connectivity index (χ4n) is 3.81. The molecule has 29 heavy (non-hydrogen) atoms. The van der Waals surface area contributed by atoms with Crippen LogP contribution in [0.5, 0.6) is 23.0 Å². The minimum absolute atomic E-state index is 0.0510. The number of esters is 1. The van der Waals surface area contributed by atoms with E-state index in [9.17, 15) is 32.6 Å². The topological polar surface area (TPSA) is 76.0 Å². The van der Waals surface area contributed by atoms with Gasteiger partial charge in [0.05, 0.1) is 5.56 Å². The molecule has 3 aromatic rings. The quantitative estimate of drug-likeness (QED) is 0.254. The van der Waals surface area contributed by atoms with Crippen LogP contribution >= 0.6 is 0 Å². The van der Waals surface area contributed by atoms with E-state index in [4.69, 9.17) is 9.47 Å². The molecule has 0 saturated heterocycles. The first-order valence-corrected chi connectivity index (χ1v) is 8.20. The minimum atomic E-state index is -2.23. The molecule has 0 fully saturated rings. The van der Waals surface area contributed by atoms with Crippen molar-refractivity contribution in [3.63, 3.8) is 0 Å². The zero-order valence-corrected chi connectivity index (χ0v) is 14.1. The molecule has 2 aliphatic heterocycles. The largest absolute Gasteiger partial charge is 0.508 e. The molecule has 0 bridgehead atoms. The first-order chi connectivity index (χ1) is 13.8. The Morgan fingerprint density at radius 3 is 1.83 bits per heavy atom. The smallest absolute Gasteiger partial charge is 0.343 e. The highest BCUT2D eigenvalue weighted by Crippen LogP contribution is 2.58. The molecule has 2 N–H and O–H groups in total. The SMILES string of the molecule is O=C1OC2(c3ccc(O)cc3Oc3cc(O)ccc32)c2c(F)c(F)c(F)c(F)c21. The van der Waals surface area contributed by atoms with Gasteiger partial charge in [-0.15, -0.1) is 0 Å². The van der Waals surface area contributed by atoms with Crippen LogP contribution in [-0.4, -0.2) is 16.2 Å². The van der Waals surface area contributed by atoms with Crippen molar-refractivity contribution in [2.75, 3.05) is 0 Å². The van der Waals surface area contributed by atoms with Crippen LogP contribution < -0.4 is 4.74 Å². The average molecular weight is 404 g/mol. The van der Waals surface area contributed by atoms with Gasteiger partial charge in [-0.2, -0.15) is 0 Å². The number of phenols is 2. The van der Waals surface area contributed by atoms with Gasteiger partial charge in [-0.05, 0) is 24.3 Å². The zero-order chi connectivity index (χ0) is 20.7. The van der Waals surface area contributed by atoms with Crippen LogP contribution in [0.4, 0.5) is 17.6 Å². The summed E-state index contributed by atoms with van der Waals surface area (Å²) in [6, 6.07) is 7.03.